The Morgan fingerprint density at radius 2 is 2.13 bits per heavy atom. The number of carbonyl (C=O) groups is 1. The Morgan fingerprint density at radius 3 is 2.94 bits per heavy atom. The number of ether oxygens (including phenoxy) is 1. The van der Waals surface area contributed by atoms with Gasteiger partial charge in [0.1, 0.15) is 0 Å². The van der Waals surface area contributed by atoms with Crippen LogP contribution in [0.1, 0.15) is 29.0 Å². The summed E-state index contributed by atoms with van der Waals surface area (Å²) in [5, 5.41) is 6.18. The molecule has 0 spiro atoms. The number of anilines is 1. The smallest absolute Gasteiger partial charge is 0.224 e. The molecule has 1 aromatic carbocycles. The molecule has 1 saturated heterocycles. The highest BCUT2D eigenvalue weighted by Crippen LogP contribution is 2.25. The van der Waals surface area contributed by atoms with Crippen LogP contribution in [0.3, 0.4) is 0 Å². The van der Waals surface area contributed by atoms with Gasteiger partial charge in [-0.2, -0.15) is 0 Å². The second-order valence-corrected chi connectivity index (χ2v) is 8.73. The van der Waals surface area contributed by atoms with Crippen molar-refractivity contribution in [2.75, 3.05) is 38.2 Å². The van der Waals surface area contributed by atoms with E-state index in [1.54, 1.807) is 17.5 Å². The van der Waals surface area contributed by atoms with E-state index < -0.39 is 0 Å². The lowest BCUT2D eigenvalue weighted by molar-refractivity contribution is -0.116. The number of hydrogen-bond acceptors (Lipinski definition) is 6. The molecule has 3 aromatic rings. The molecule has 7 heteroatoms. The summed E-state index contributed by atoms with van der Waals surface area (Å²) < 4.78 is 5.37. The summed E-state index contributed by atoms with van der Waals surface area (Å²) in [5.74, 6) is 0.0659. The predicted molar refractivity (Wildman–Crippen MR) is 124 cm³/mol. The van der Waals surface area contributed by atoms with Gasteiger partial charge in [0.15, 0.2) is 0 Å². The van der Waals surface area contributed by atoms with Crippen LogP contribution in [0, 0.1) is 6.92 Å². The molecule has 3 heterocycles. The molecule has 1 aliphatic heterocycles. The third kappa shape index (κ3) is 6.19. The van der Waals surface area contributed by atoms with Crippen molar-refractivity contribution < 1.29 is 9.53 Å². The lowest BCUT2D eigenvalue weighted by Crippen LogP contribution is -2.37. The second kappa shape index (κ2) is 10.6. The number of aryl methyl sites for hydroxylation is 1. The molecule has 0 unspecified atom stereocenters. The van der Waals surface area contributed by atoms with Crippen molar-refractivity contribution in [3.8, 4) is 11.3 Å². The molecular formula is C24H28N4O2S. The van der Waals surface area contributed by atoms with Gasteiger partial charge in [-0.25, -0.2) is 4.98 Å². The van der Waals surface area contributed by atoms with E-state index in [0.29, 0.717) is 6.42 Å². The number of aromatic nitrogens is 2. The van der Waals surface area contributed by atoms with Gasteiger partial charge in [0.05, 0.1) is 23.9 Å². The summed E-state index contributed by atoms with van der Waals surface area (Å²) in [6.45, 7) is 6.55. The van der Waals surface area contributed by atoms with Crippen LogP contribution in [0.15, 0.2) is 48.1 Å². The van der Waals surface area contributed by atoms with E-state index in [1.807, 2.05) is 24.4 Å². The fourth-order valence-electron chi connectivity index (χ4n) is 3.65. The minimum absolute atomic E-state index is 0.0659. The van der Waals surface area contributed by atoms with Crippen LogP contribution in [0.4, 0.5) is 5.69 Å². The van der Waals surface area contributed by atoms with Crippen molar-refractivity contribution in [2.24, 2.45) is 0 Å². The van der Waals surface area contributed by atoms with E-state index in [0.717, 1.165) is 67.6 Å². The first-order valence-corrected chi connectivity index (χ1v) is 11.6. The van der Waals surface area contributed by atoms with Gasteiger partial charge in [-0.1, -0.05) is 6.07 Å². The molecule has 0 saturated carbocycles. The largest absolute Gasteiger partial charge is 0.379 e. The number of carbonyl (C=O) groups excluding carboxylic acids is 1. The molecule has 2 aromatic heterocycles. The maximum Gasteiger partial charge on any atom is 0.224 e. The number of morpholine rings is 1. The monoisotopic (exact) mass is 436 g/mol. The van der Waals surface area contributed by atoms with Crippen molar-refractivity contribution in [2.45, 2.75) is 26.2 Å². The number of amides is 1. The summed E-state index contributed by atoms with van der Waals surface area (Å²) in [6.07, 6.45) is 5.74. The fourth-order valence-corrected chi connectivity index (χ4v) is 4.48. The summed E-state index contributed by atoms with van der Waals surface area (Å²) in [6, 6.07) is 10.0. The van der Waals surface area contributed by atoms with E-state index >= 15 is 0 Å². The Bertz CT molecular complexity index is 1000. The molecule has 1 amide bonds. The minimum Gasteiger partial charge on any atom is -0.379 e. The van der Waals surface area contributed by atoms with E-state index in [1.165, 1.54) is 11.1 Å². The molecular weight excluding hydrogens is 408 g/mol. The van der Waals surface area contributed by atoms with E-state index in [9.17, 15) is 4.79 Å². The predicted octanol–water partition coefficient (Wildman–Crippen LogP) is 4.16. The standard InChI is InChI=1S/C24H28N4O2S/c1-18-6-7-21(26-23(29)5-3-9-28-10-12-30-13-11-28)14-20(18)15-24-27-22(17-31-24)19-4-2-8-25-16-19/h2,4,6-8,14,16-17H,3,5,9-13,15H2,1H3,(H,26,29). The van der Waals surface area contributed by atoms with Crippen LogP contribution >= 0.6 is 11.3 Å². The molecule has 162 valence electrons. The summed E-state index contributed by atoms with van der Waals surface area (Å²) >= 11 is 1.65. The van der Waals surface area contributed by atoms with E-state index in [4.69, 9.17) is 9.72 Å². The molecule has 1 aliphatic rings. The number of thiazole rings is 1. The van der Waals surface area contributed by atoms with Crippen molar-refractivity contribution in [3.63, 3.8) is 0 Å². The quantitative estimate of drug-likeness (QED) is 0.574. The van der Waals surface area contributed by atoms with Crippen molar-refractivity contribution in [1.29, 1.82) is 0 Å². The number of benzene rings is 1. The van der Waals surface area contributed by atoms with Crippen molar-refractivity contribution in [3.05, 3.63) is 64.2 Å². The lowest BCUT2D eigenvalue weighted by atomic mass is 10.0. The first-order valence-electron chi connectivity index (χ1n) is 10.7. The third-order valence-electron chi connectivity index (χ3n) is 5.47. The average Bonchev–Trinajstić information content (AvgIpc) is 3.26. The molecule has 0 aliphatic carbocycles. The summed E-state index contributed by atoms with van der Waals surface area (Å²) in [5.41, 5.74) is 5.21. The van der Waals surface area contributed by atoms with Crippen LogP contribution in [0.5, 0.6) is 0 Å². The van der Waals surface area contributed by atoms with Crippen LogP contribution < -0.4 is 5.32 Å². The number of nitrogens with zero attached hydrogens (tertiary/aromatic N) is 3. The molecule has 0 radical (unpaired) electrons. The Hall–Kier alpha value is -2.61. The zero-order valence-corrected chi connectivity index (χ0v) is 18.7. The number of pyridine rings is 1. The van der Waals surface area contributed by atoms with Gasteiger partial charge in [-0.3, -0.25) is 14.7 Å². The van der Waals surface area contributed by atoms with Gasteiger partial charge in [0, 0.05) is 55.0 Å². The lowest BCUT2D eigenvalue weighted by Gasteiger charge is -2.26. The molecule has 0 bridgehead atoms. The molecule has 1 N–H and O–H groups in total. The molecule has 31 heavy (non-hydrogen) atoms. The maximum absolute atomic E-state index is 12.4. The van der Waals surface area contributed by atoms with Crippen LogP contribution in [0.2, 0.25) is 0 Å². The Labute approximate surface area is 187 Å². The Balaban J connectivity index is 1.33. The molecule has 4 rings (SSSR count). The van der Waals surface area contributed by atoms with Crippen LogP contribution in [-0.2, 0) is 16.0 Å². The second-order valence-electron chi connectivity index (χ2n) is 7.79. The summed E-state index contributed by atoms with van der Waals surface area (Å²) in [7, 11) is 0. The zero-order valence-electron chi connectivity index (χ0n) is 17.8. The molecule has 1 fully saturated rings. The van der Waals surface area contributed by atoms with Gasteiger partial charge < -0.3 is 10.1 Å². The normalized spacial score (nSPS) is 14.5. The third-order valence-corrected chi connectivity index (χ3v) is 6.31. The Kier molecular flexibility index (Phi) is 7.40. The van der Waals surface area contributed by atoms with Gasteiger partial charge >= 0.3 is 0 Å². The topological polar surface area (TPSA) is 67.4 Å². The Morgan fingerprint density at radius 1 is 1.26 bits per heavy atom. The SMILES string of the molecule is Cc1ccc(NC(=O)CCCN2CCOCC2)cc1Cc1nc(-c2cccnc2)cs1. The zero-order chi connectivity index (χ0) is 21.5. The first-order chi connectivity index (χ1) is 15.2. The number of rotatable bonds is 8. The van der Waals surface area contributed by atoms with Crippen molar-refractivity contribution >= 4 is 22.9 Å². The van der Waals surface area contributed by atoms with Crippen molar-refractivity contribution in [1.82, 2.24) is 14.9 Å². The van der Waals surface area contributed by atoms with Gasteiger partial charge in [-0.05, 0) is 55.3 Å². The molecule has 6 nitrogen and oxygen atoms in total. The average molecular weight is 437 g/mol. The van der Waals surface area contributed by atoms with Crippen LogP contribution in [-0.4, -0.2) is 53.6 Å². The van der Waals surface area contributed by atoms with E-state index in [-0.39, 0.29) is 5.91 Å². The highest BCUT2D eigenvalue weighted by molar-refractivity contribution is 7.10. The molecule has 0 atom stereocenters. The highest BCUT2D eigenvalue weighted by Gasteiger charge is 2.12. The highest BCUT2D eigenvalue weighted by atomic mass is 32.1. The number of hydrogen-bond donors (Lipinski definition) is 1. The maximum atomic E-state index is 12.4. The van der Waals surface area contributed by atoms with E-state index in [2.05, 4.69) is 39.6 Å². The van der Waals surface area contributed by atoms with Gasteiger partial charge in [-0.15, -0.1) is 11.3 Å². The van der Waals surface area contributed by atoms with Gasteiger partial charge in [0.25, 0.3) is 0 Å². The number of nitrogens with one attached hydrogen (secondary N) is 1. The fraction of sp³-hybridized carbons (Fsp3) is 0.375. The van der Waals surface area contributed by atoms with Gasteiger partial charge in [0.2, 0.25) is 5.91 Å². The summed E-state index contributed by atoms with van der Waals surface area (Å²) in [4.78, 5) is 23.7. The van der Waals surface area contributed by atoms with Crippen LogP contribution in [0.25, 0.3) is 11.3 Å². The minimum atomic E-state index is 0.0659. The first kappa shape index (κ1) is 21.6.